The molecular formula is C20H25N3O3. The number of hydrogen-bond donors (Lipinski definition) is 2. The van der Waals surface area contributed by atoms with Gasteiger partial charge in [0.1, 0.15) is 11.5 Å². The van der Waals surface area contributed by atoms with E-state index in [9.17, 15) is 9.59 Å². The Morgan fingerprint density at radius 1 is 1.15 bits per heavy atom. The van der Waals surface area contributed by atoms with Crippen LogP contribution < -0.4 is 10.6 Å². The molecule has 0 atom stereocenters. The summed E-state index contributed by atoms with van der Waals surface area (Å²) in [5.74, 6) is -0.195. The molecule has 0 radical (unpaired) electrons. The van der Waals surface area contributed by atoms with Crippen LogP contribution in [0.4, 0.5) is 0 Å². The Hall–Kier alpha value is -2.86. The van der Waals surface area contributed by atoms with Crippen molar-refractivity contribution < 1.29 is 14.0 Å². The van der Waals surface area contributed by atoms with E-state index in [0.717, 1.165) is 18.5 Å². The fourth-order valence-electron chi connectivity index (χ4n) is 2.27. The second-order valence-corrected chi connectivity index (χ2v) is 6.31. The van der Waals surface area contributed by atoms with E-state index >= 15 is 0 Å². The SMILES string of the molecule is Cc1ccc(C(=O)NC(=Cc2ccco2)C(=O)NCCCN(C)C)cc1. The molecule has 1 heterocycles. The van der Waals surface area contributed by atoms with E-state index in [0.29, 0.717) is 17.9 Å². The van der Waals surface area contributed by atoms with E-state index in [-0.39, 0.29) is 17.5 Å². The highest BCUT2D eigenvalue weighted by molar-refractivity contribution is 6.05. The molecule has 0 aliphatic rings. The highest BCUT2D eigenvalue weighted by Crippen LogP contribution is 2.08. The van der Waals surface area contributed by atoms with Crippen LogP contribution in [-0.2, 0) is 4.79 Å². The molecule has 0 aliphatic heterocycles. The molecule has 2 rings (SSSR count). The predicted molar refractivity (Wildman–Crippen MR) is 102 cm³/mol. The first kappa shape index (κ1) is 19.5. The fourth-order valence-corrected chi connectivity index (χ4v) is 2.27. The van der Waals surface area contributed by atoms with Crippen molar-refractivity contribution in [3.63, 3.8) is 0 Å². The Balaban J connectivity index is 2.07. The molecule has 6 heteroatoms. The number of nitrogens with zero attached hydrogens (tertiary/aromatic N) is 1. The summed E-state index contributed by atoms with van der Waals surface area (Å²) in [5.41, 5.74) is 1.70. The largest absolute Gasteiger partial charge is 0.465 e. The van der Waals surface area contributed by atoms with Gasteiger partial charge >= 0.3 is 0 Å². The van der Waals surface area contributed by atoms with Gasteiger partial charge < -0.3 is 20.0 Å². The minimum atomic E-state index is -0.347. The van der Waals surface area contributed by atoms with Crippen LogP contribution in [0.5, 0.6) is 0 Å². The van der Waals surface area contributed by atoms with Crippen molar-refractivity contribution in [3.05, 3.63) is 65.2 Å². The molecule has 0 fully saturated rings. The van der Waals surface area contributed by atoms with Gasteiger partial charge in [-0.15, -0.1) is 0 Å². The minimum absolute atomic E-state index is 0.148. The molecule has 2 aromatic rings. The monoisotopic (exact) mass is 355 g/mol. The quantitative estimate of drug-likeness (QED) is 0.563. The maximum absolute atomic E-state index is 12.5. The molecule has 138 valence electrons. The molecule has 0 unspecified atom stereocenters. The van der Waals surface area contributed by atoms with Gasteiger partial charge in [0.25, 0.3) is 11.8 Å². The minimum Gasteiger partial charge on any atom is -0.465 e. The summed E-state index contributed by atoms with van der Waals surface area (Å²) < 4.78 is 5.26. The molecule has 6 nitrogen and oxygen atoms in total. The first-order valence-corrected chi connectivity index (χ1v) is 8.52. The lowest BCUT2D eigenvalue weighted by molar-refractivity contribution is -0.117. The molecule has 1 aromatic heterocycles. The van der Waals surface area contributed by atoms with E-state index < -0.39 is 0 Å². The van der Waals surface area contributed by atoms with Crippen LogP contribution in [0, 0.1) is 6.92 Å². The van der Waals surface area contributed by atoms with Crippen LogP contribution in [0.2, 0.25) is 0 Å². The number of nitrogens with one attached hydrogen (secondary N) is 2. The van der Waals surface area contributed by atoms with E-state index in [4.69, 9.17) is 4.42 Å². The number of rotatable bonds is 8. The first-order valence-electron chi connectivity index (χ1n) is 8.52. The first-order chi connectivity index (χ1) is 12.5. The Labute approximate surface area is 153 Å². The van der Waals surface area contributed by atoms with Crippen LogP contribution in [0.3, 0.4) is 0 Å². The van der Waals surface area contributed by atoms with E-state index in [2.05, 4.69) is 10.6 Å². The molecule has 0 saturated heterocycles. The highest BCUT2D eigenvalue weighted by Gasteiger charge is 2.15. The molecule has 0 bridgehead atoms. The third-order valence-electron chi connectivity index (χ3n) is 3.70. The van der Waals surface area contributed by atoms with Crippen molar-refractivity contribution in [2.24, 2.45) is 0 Å². The van der Waals surface area contributed by atoms with E-state index in [1.807, 2.05) is 38.1 Å². The van der Waals surface area contributed by atoms with Crippen LogP contribution >= 0.6 is 0 Å². The van der Waals surface area contributed by atoms with Crippen molar-refractivity contribution >= 4 is 17.9 Å². The highest BCUT2D eigenvalue weighted by atomic mass is 16.3. The summed E-state index contributed by atoms with van der Waals surface area (Å²) in [6, 6.07) is 10.6. The lowest BCUT2D eigenvalue weighted by Gasteiger charge is -2.12. The number of carbonyl (C=O) groups is 2. The average Bonchev–Trinajstić information content (AvgIpc) is 3.11. The summed E-state index contributed by atoms with van der Waals surface area (Å²) in [6.07, 6.45) is 3.85. The van der Waals surface area contributed by atoms with Gasteiger partial charge in [-0.05, 0) is 58.3 Å². The van der Waals surface area contributed by atoms with Crippen LogP contribution in [0.25, 0.3) is 6.08 Å². The van der Waals surface area contributed by atoms with Crippen molar-refractivity contribution in [3.8, 4) is 0 Å². The Morgan fingerprint density at radius 2 is 1.88 bits per heavy atom. The van der Waals surface area contributed by atoms with Crippen molar-refractivity contribution in [2.75, 3.05) is 27.2 Å². The number of hydrogen-bond acceptors (Lipinski definition) is 4. The molecule has 0 spiro atoms. The molecule has 0 aliphatic carbocycles. The fraction of sp³-hybridized carbons (Fsp3) is 0.300. The van der Waals surface area contributed by atoms with Gasteiger partial charge in [0.15, 0.2) is 0 Å². The molecule has 1 aromatic carbocycles. The Morgan fingerprint density at radius 3 is 2.50 bits per heavy atom. The Bertz CT molecular complexity index is 747. The maximum Gasteiger partial charge on any atom is 0.267 e. The smallest absolute Gasteiger partial charge is 0.267 e. The number of aryl methyl sites for hydroxylation is 1. The third kappa shape index (κ3) is 6.22. The summed E-state index contributed by atoms with van der Waals surface area (Å²) in [6.45, 7) is 3.34. The third-order valence-corrected chi connectivity index (χ3v) is 3.70. The molecular weight excluding hydrogens is 330 g/mol. The van der Waals surface area contributed by atoms with E-state index in [1.165, 1.54) is 12.3 Å². The summed E-state index contributed by atoms with van der Waals surface area (Å²) in [4.78, 5) is 27.0. The van der Waals surface area contributed by atoms with Gasteiger partial charge in [-0.1, -0.05) is 17.7 Å². The predicted octanol–water partition coefficient (Wildman–Crippen LogP) is 2.43. The summed E-state index contributed by atoms with van der Waals surface area (Å²) >= 11 is 0. The zero-order valence-corrected chi connectivity index (χ0v) is 15.4. The van der Waals surface area contributed by atoms with E-state index in [1.54, 1.807) is 24.3 Å². The zero-order chi connectivity index (χ0) is 18.9. The van der Waals surface area contributed by atoms with Crippen molar-refractivity contribution in [2.45, 2.75) is 13.3 Å². The topological polar surface area (TPSA) is 74.6 Å². The lowest BCUT2D eigenvalue weighted by atomic mass is 10.1. The molecule has 26 heavy (non-hydrogen) atoms. The second kappa shape index (κ2) is 9.58. The molecule has 0 saturated carbocycles. The normalized spacial score (nSPS) is 11.5. The Kier molecular flexibility index (Phi) is 7.17. The molecule has 2 amide bonds. The number of carbonyl (C=O) groups excluding carboxylic acids is 2. The van der Waals surface area contributed by atoms with Gasteiger partial charge in [0, 0.05) is 18.2 Å². The number of amides is 2. The van der Waals surface area contributed by atoms with Crippen LogP contribution in [-0.4, -0.2) is 43.9 Å². The zero-order valence-electron chi connectivity index (χ0n) is 15.4. The van der Waals surface area contributed by atoms with Crippen molar-refractivity contribution in [1.29, 1.82) is 0 Å². The number of benzene rings is 1. The standard InChI is InChI=1S/C20H25N3O3/c1-15-7-9-16(10-8-15)19(24)22-18(14-17-6-4-13-26-17)20(25)21-11-5-12-23(2)3/h4,6-10,13-14H,5,11-12H2,1-3H3,(H,21,25)(H,22,24). The maximum atomic E-state index is 12.5. The van der Waals surface area contributed by atoms with Gasteiger partial charge in [-0.3, -0.25) is 9.59 Å². The summed E-state index contributed by atoms with van der Waals surface area (Å²) in [5, 5.41) is 5.51. The van der Waals surface area contributed by atoms with Crippen LogP contribution in [0.15, 0.2) is 52.8 Å². The van der Waals surface area contributed by atoms with Crippen LogP contribution in [0.1, 0.15) is 28.1 Å². The van der Waals surface area contributed by atoms with Gasteiger partial charge in [-0.2, -0.15) is 0 Å². The van der Waals surface area contributed by atoms with Gasteiger partial charge in [0.2, 0.25) is 0 Å². The summed E-state index contributed by atoms with van der Waals surface area (Å²) in [7, 11) is 3.96. The second-order valence-electron chi connectivity index (χ2n) is 6.31. The lowest BCUT2D eigenvalue weighted by Crippen LogP contribution is -2.36. The average molecular weight is 355 g/mol. The van der Waals surface area contributed by atoms with Gasteiger partial charge in [0.05, 0.1) is 6.26 Å². The molecule has 2 N–H and O–H groups in total. The number of furan rings is 1. The van der Waals surface area contributed by atoms with Crippen molar-refractivity contribution in [1.82, 2.24) is 15.5 Å². The van der Waals surface area contributed by atoms with Gasteiger partial charge in [-0.25, -0.2) is 0 Å².